The number of nitrogens with one attached hydrogen (secondary N) is 1. The van der Waals surface area contributed by atoms with Crippen LogP contribution in [0.15, 0.2) is 72.4 Å². The first kappa shape index (κ1) is 19.4. The van der Waals surface area contributed by atoms with Crippen LogP contribution in [0.3, 0.4) is 0 Å². The van der Waals surface area contributed by atoms with Gasteiger partial charge in [0.2, 0.25) is 5.91 Å². The van der Waals surface area contributed by atoms with Crippen molar-refractivity contribution in [1.82, 2.24) is 14.8 Å². The number of thioether (sulfide) groups is 1. The molecule has 140 valence electrons. The van der Waals surface area contributed by atoms with E-state index < -0.39 is 5.25 Å². The van der Waals surface area contributed by atoms with Crippen molar-refractivity contribution < 1.29 is 4.79 Å². The van der Waals surface area contributed by atoms with Gasteiger partial charge in [-0.3, -0.25) is 9.36 Å². The number of carbonyl (C=O) groups is 1. The summed E-state index contributed by atoms with van der Waals surface area (Å²) in [5.74, 6) is 0.521. The number of aromatic nitrogens is 3. The molecular weight excluding hydrogens is 370 g/mol. The van der Waals surface area contributed by atoms with Crippen LogP contribution in [0.25, 0.3) is 11.4 Å². The average molecular weight is 389 g/mol. The average Bonchev–Trinajstić information content (AvgIpc) is 3.11. The Morgan fingerprint density at radius 2 is 1.96 bits per heavy atom. The lowest BCUT2D eigenvalue weighted by molar-refractivity contribution is -0.115. The second kappa shape index (κ2) is 9.02. The van der Waals surface area contributed by atoms with Crippen LogP contribution in [-0.4, -0.2) is 25.9 Å². The lowest BCUT2D eigenvalue weighted by Gasteiger charge is -2.13. The quantitative estimate of drug-likeness (QED) is 0.485. The molecule has 0 spiro atoms. The van der Waals surface area contributed by atoms with Crippen molar-refractivity contribution in [2.24, 2.45) is 0 Å². The molecular formula is C21H19N5OS. The van der Waals surface area contributed by atoms with Gasteiger partial charge in [0.05, 0.1) is 16.5 Å². The van der Waals surface area contributed by atoms with Crippen molar-refractivity contribution in [3.8, 4) is 17.5 Å². The molecule has 0 aliphatic carbocycles. The summed E-state index contributed by atoms with van der Waals surface area (Å²) in [7, 11) is 0. The minimum absolute atomic E-state index is 0.206. The molecule has 0 saturated carbocycles. The maximum atomic E-state index is 12.6. The summed E-state index contributed by atoms with van der Waals surface area (Å²) in [5, 5.41) is 20.8. The van der Waals surface area contributed by atoms with Crippen LogP contribution in [0.4, 0.5) is 5.69 Å². The van der Waals surface area contributed by atoms with Gasteiger partial charge >= 0.3 is 0 Å². The summed E-state index contributed by atoms with van der Waals surface area (Å²) < 4.78 is 1.93. The first-order valence-electron chi connectivity index (χ1n) is 8.70. The number of anilines is 1. The number of carbonyl (C=O) groups excluding carboxylic acids is 1. The molecule has 2 aromatic carbocycles. The third kappa shape index (κ3) is 4.30. The highest BCUT2D eigenvalue weighted by Gasteiger charge is 2.21. The van der Waals surface area contributed by atoms with Crippen molar-refractivity contribution in [2.75, 3.05) is 5.32 Å². The molecule has 28 heavy (non-hydrogen) atoms. The third-order valence-electron chi connectivity index (χ3n) is 4.02. The van der Waals surface area contributed by atoms with E-state index in [-0.39, 0.29) is 5.91 Å². The molecule has 0 aliphatic heterocycles. The second-order valence-corrected chi connectivity index (χ2v) is 7.29. The van der Waals surface area contributed by atoms with Gasteiger partial charge in [-0.05, 0) is 19.1 Å². The monoisotopic (exact) mass is 389 g/mol. The number of hydrogen-bond acceptors (Lipinski definition) is 5. The molecule has 3 rings (SSSR count). The number of nitrogens with zero attached hydrogens (tertiary/aromatic N) is 4. The van der Waals surface area contributed by atoms with Crippen LogP contribution in [0.1, 0.15) is 12.5 Å². The fourth-order valence-electron chi connectivity index (χ4n) is 2.61. The molecule has 0 fully saturated rings. The topological polar surface area (TPSA) is 83.6 Å². The highest BCUT2D eigenvalue weighted by Crippen LogP contribution is 2.27. The number of benzene rings is 2. The van der Waals surface area contributed by atoms with Crippen molar-refractivity contribution in [2.45, 2.75) is 23.9 Å². The largest absolute Gasteiger partial charge is 0.324 e. The summed E-state index contributed by atoms with van der Waals surface area (Å²) >= 11 is 1.31. The summed E-state index contributed by atoms with van der Waals surface area (Å²) in [6.45, 7) is 6.13. The van der Waals surface area contributed by atoms with E-state index in [0.29, 0.717) is 23.0 Å². The predicted molar refractivity (Wildman–Crippen MR) is 111 cm³/mol. The second-order valence-electron chi connectivity index (χ2n) is 5.98. The summed E-state index contributed by atoms with van der Waals surface area (Å²) in [6, 6.07) is 18.8. The maximum Gasteiger partial charge on any atom is 0.237 e. The SMILES string of the molecule is C=CCn1c(SC(C)C(=O)Nc2ccccc2C#N)nnc1-c1ccccc1. The third-order valence-corrected chi connectivity index (χ3v) is 5.10. The van der Waals surface area contributed by atoms with Gasteiger partial charge in [0.15, 0.2) is 11.0 Å². The van der Waals surface area contributed by atoms with Gasteiger partial charge in [-0.15, -0.1) is 16.8 Å². The molecule has 1 amide bonds. The first-order valence-corrected chi connectivity index (χ1v) is 9.58. The number of para-hydroxylation sites is 1. The molecule has 7 heteroatoms. The highest BCUT2D eigenvalue weighted by molar-refractivity contribution is 8.00. The molecule has 0 saturated heterocycles. The van der Waals surface area contributed by atoms with E-state index in [1.54, 1.807) is 37.3 Å². The molecule has 1 unspecified atom stereocenters. The minimum Gasteiger partial charge on any atom is -0.324 e. The van der Waals surface area contributed by atoms with E-state index in [2.05, 4.69) is 28.2 Å². The zero-order valence-electron chi connectivity index (χ0n) is 15.4. The predicted octanol–water partition coefficient (Wildman–Crippen LogP) is 4.12. The molecule has 3 aromatic rings. The smallest absolute Gasteiger partial charge is 0.237 e. The van der Waals surface area contributed by atoms with E-state index in [9.17, 15) is 10.1 Å². The van der Waals surface area contributed by atoms with Crippen LogP contribution in [0, 0.1) is 11.3 Å². The molecule has 1 atom stereocenters. The van der Waals surface area contributed by atoms with Crippen molar-refractivity contribution in [3.05, 3.63) is 72.8 Å². The Kier molecular flexibility index (Phi) is 6.25. The van der Waals surface area contributed by atoms with Gasteiger partial charge in [0.1, 0.15) is 6.07 Å². The van der Waals surface area contributed by atoms with Gasteiger partial charge < -0.3 is 5.32 Å². The molecule has 6 nitrogen and oxygen atoms in total. The Morgan fingerprint density at radius 1 is 1.25 bits per heavy atom. The number of rotatable bonds is 7. The first-order chi connectivity index (χ1) is 13.6. The summed E-state index contributed by atoms with van der Waals surface area (Å²) in [5.41, 5.74) is 1.87. The van der Waals surface area contributed by atoms with Crippen molar-refractivity contribution in [3.63, 3.8) is 0 Å². The minimum atomic E-state index is -0.428. The van der Waals surface area contributed by atoms with Gasteiger partial charge in [0.25, 0.3) is 0 Å². The molecule has 1 heterocycles. The Balaban J connectivity index is 1.79. The lowest BCUT2D eigenvalue weighted by atomic mass is 10.2. The van der Waals surface area contributed by atoms with Crippen LogP contribution in [0.5, 0.6) is 0 Å². The Hall–Kier alpha value is -3.37. The fourth-order valence-corrected chi connectivity index (χ4v) is 3.46. The van der Waals surface area contributed by atoms with Gasteiger partial charge in [-0.2, -0.15) is 5.26 Å². The lowest BCUT2D eigenvalue weighted by Crippen LogP contribution is -2.23. The number of hydrogen-bond donors (Lipinski definition) is 1. The number of amides is 1. The van der Waals surface area contributed by atoms with E-state index in [0.717, 1.165) is 11.4 Å². The van der Waals surface area contributed by atoms with Gasteiger partial charge in [0, 0.05) is 12.1 Å². The molecule has 1 N–H and O–H groups in total. The van der Waals surface area contributed by atoms with Crippen molar-refractivity contribution in [1.29, 1.82) is 5.26 Å². The normalized spacial score (nSPS) is 11.4. The molecule has 0 radical (unpaired) electrons. The zero-order valence-corrected chi connectivity index (χ0v) is 16.2. The van der Waals surface area contributed by atoms with E-state index in [1.807, 2.05) is 34.9 Å². The zero-order chi connectivity index (χ0) is 19.9. The maximum absolute atomic E-state index is 12.6. The molecule has 0 aliphatic rings. The number of allylic oxidation sites excluding steroid dienone is 1. The van der Waals surface area contributed by atoms with E-state index in [1.165, 1.54) is 11.8 Å². The van der Waals surface area contributed by atoms with Crippen LogP contribution in [-0.2, 0) is 11.3 Å². The van der Waals surface area contributed by atoms with E-state index in [4.69, 9.17) is 0 Å². The molecule has 1 aromatic heterocycles. The van der Waals surface area contributed by atoms with Crippen LogP contribution < -0.4 is 5.32 Å². The van der Waals surface area contributed by atoms with Crippen molar-refractivity contribution >= 4 is 23.4 Å². The Labute approximate surface area is 167 Å². The van der Waals surface area contributed by atoms with Crippen LogP contribution >= 0.6 is 11.8 Å². The molecule has 0 bridgehead atoms. The van der Waals surface area contributed by atoms with Crippen LogP contribution in [0.2, 0.25) is 0 Å². The van der Waals surface area contributed by atoms with Gasteiger partial charge in [-0.1, -0.05) is 60.3 Å². The van der Waals surface area contributed by atoms with E-state index >= 15 is 0 Å². The summed E-state index contributed by atoms with van der Waals surface area (Å²) in [6.07, 6.45) is 1.77. The summed E-state index contributed by atoms with van der Waals surface area (Å²) in [4.78, 5) is 12.6. The highest BCUT2D eigenvalue weighted by atomic mass is 32.2. The number of nitriles is 1. The Morgan fingerprint density at radius 3 is 2.68 bits per heavy atom. The standard InChI is InChI=1S/C21H19N5OS/c1-3-13-26-19(16-9-5-4-6-10-16)24-25-21(26)28-15(2)20(27)23-18-12-8-7-11-17(18)14-22/h3-12,15H,1,13H2,2H3,(H,23,27). The Bertz CT molecular complexity index is 1020. The fraction of sp³-hybridized carbons (Fsp3) is 0.143. The van der Waals surface area contributed by atoms with Gasteiger partial charge in [-0.25, -0.2) is 0 Å².